The third-order valence-electron chi connectivity index (χ3n) is 5.03. The molecule has 1 aliphatic rings. The number of amides is 1. The Balaban J connectivity index is 1.99. The Kier molecular flexibility index (Phi) is 8.10. The minimum Gasteiger partial charge on any atom is -0.492 e. The van der Waals surface area contributed by atoms with Crippen molar-refractivity contribution >= 4 is 21.6 Å². The van der Waals surface area contributed by atoms with Gasteiger partial charge in [0.15, 0.2) is 0 Å². The van der Waals surface area contributed by atoms with Crippen LogP contribution in [0.3, 0.4) is 0 Å². The SMILES string of the molecule is CCOc1ccc(NC(=O)CCCC2CCCCC2)cc1S(=O)(=O)N(C)C. The lowest BCUT2D eigenvalue weighted by Gasteiger charge is -2.21. The van der Waals surface area contributed by atoms with Gasteiger partial charge in [0.2, 0.25) is 15.9 Å². The standard InChI is InChI=1S/C20H32N2O4S/c1-4-26-18-14-13-17(15-19(18)27(24,25)22(2)3)21-20(23)12-8-11-16-9-6-5-7-10-16/h13-16H,4-12H2,1-3H3,(H,21,23). The van der Waals surface area contributed by atoms with Crippen molar-refractivity contribution in [3.63, 3.8) is 0 Å². The van der Waals surface area contributed by atoms with Gasteiger partial charge in [-0.05, 0) is 43.9 Å². The van der Waals surface area contributed by atoms with Gasteiger partial charge in [-0.1, -0.05) is 32.1 Å². The average molecular weight is 397 g/mol. The molecule has 0 bridgehead atoms. The van der Waals surface area contributed by atoms with Crippen molar-refractivity contribution < 1.29 is 17.9 Å². The second kappa shape index (κ2) is 10.1. The van der Waals surface area contributed by atoms with E-state index in [4.69, 9.17) is 4.74 Å². The molecule has 0 unspecified atom stereocenters. The maximum Gasteiger partial charge on any atom is 0.246 e. The van der Waals surface area contributed by atoms with Gasteiger partial charge in [0.25, 0.3) is 0 Å². The van der Waals surface area contributed by atoms with Crippen LogP contribution in [-0.4, -0.2) is 39.3 Å². The number of carbonyl (C=O) groups excluding carboxylic acids is 1. The Bertz CT molecular complexity index is 725. The summed E-state index contributed by atoms with van der Waals surface area (Å²) in [6.07, 6.45) is 8.95. The number of nitrogens with one attached hydrogen (secondary N) is 1. The molecule has 1 saturated carbocycles. The molecule has 0 aliphatic heterocycles. The maximum absolute atomic E-state index is 12.5. The van der Waals surface area contributed by atoms with Gasteiger partial charge in [0, 0.05) is 26.2 Å². The van der Waals surface area contributed by atoms with E-state index in [1.807, 2.05) is 0 Å². The molecule has 0 heterocycles. The van der Waals surface area contributed by atoms with Crippen molar-refractivity contribution in [2.45, 2.75) is 63.2 Å². The lowest BCUT2D eigenvalue weighted by Crippen LogP contribution is -2.23. The first-order valence-electron chi connectivity index (χ1n) is 9.83. The zero-order valence-electron chi connectivity index (χ0n) is 16.7. The van der Waals surface area contributed by atoms with Crippen LogP contribution in [0.5, 0.6) is 5.75 Å². The average Bonchev–Trinajstić information content (AvgIpc) is 2.64. The Morgan fingerprint density at radius 1 is 1.22 bits per heavy atom. The Morgan fingerprint density at radius 2 is 1.93 bits per heavy atom. The highest BCUT2D eigenvalue weighted by molar-refractivity contribution is 7.89. The van der Waals surface area contributed by atoms with Crippen molar-refractivity contribution in [1.82, 2.24) is 4.31 Å². The summed E-state index contributed by atoms with van der Waals surface area (Å²) in [7, 11) is -0.715. The van der Waals surface area contributed by atoms with Gasteiger partial charge < -0.3 is 10.1 Å². The molecule has 2 rings (SSSR count). The van der Waals surface area contributed by atoms with E-state index in [9.17, 15) is 13.2 Å². The fourth-order valence-electron chi connectivity index (χ4n) is 3.51. The second-order valence-electron chi connectivity index (χ2n) is 7.33. The molecule has 0 radical (unpaired) electrons. The van der Waals surface area contributed by atoms with Gasteiger partial charge in [-0.25, -0.2) is 12.7 Å². The summed E-state index contributed by atoms with van der Waals surface area (Å²) in [5.74, 6) is 0.971. The molecule has 1 aromatic carbocycles. The van der Waals surface area contributed by atoms with Crippen molar-refractivity contribution in [2.24, 2.45) is 5.92 Å². The molecule has 6 nitrogen and oxygen atoms in total. The van der Waals surface area contributed by atoms with Crippen molar-refractivity contribution in [3.8, 4) is 5.75 Å². The molecule has 1 aliphatic carbocycles. The van der Waals surface area contributed by atoms with Crippen LogP contribution >= 0.6 is 0 Å². The fourth-order valence-corrected chi connectivity index (χ4v) is 4.56. The lowest BCUT2D eigenvalue weighted by molar-refractivity contribution is -0.116. The van der Waals surface area contributed by atoms with Crippen LogP contribution in [0.15, 0.2) is 23.1 Å². The van der Waals surface area contributed by atoms with Crippen LogP contribution in [0, 0.1) is 5.92 Å². The van der Waals surface area contributed by atoms with Crippen LogP contribution in [0.25, 0.3) is 0 Å². The molecule has 7 heteroatoms. The molecule has 1 amide bonds. The van der Waals surface area contributed by atoms with Gasteiger partial charge in [0.05, 0.1) is 6.61 Å². The third kappa shape index (κ3) is 6.21. The molecular formula is C20H32N2O4S. The number of hydrogen-bond donors (Lipinski definition) is 1. The van der Waals surface area contributed by atoms with E-state index in [0.29, 0.717) is 24.5 Å². The van der Waals surface area contributed by atoms with E-state index < -0.39 is 10.0 Å². The molecular weight excluding hydrogens is 364 g/mol. The minimum atomic E-state index is -3.66. The van der Waals surface area contributed by atoms with Crippen molar-refractivity contribution in [3.05, 3.63) is 18.2 Å². The molecule has 0 spiro atoms. The predicted octanol–water partition coefficient (Wildman–Crippen LogP) is 4.02. The van der Waals surface area contributed by atoms with Crippen molar-refractivity contribution in [1.29, 1.82) is 0 Å². The number of hydrogen-bond acceptors (Lipinski definition) is 4. The molecule has 152 valence electrons. The Labute approximate surface area is 163 Å². The summed E-state index contributed by atoms with van der Waals surface area (Å²) in [6.45, 7) is 2.16. The predicted molar refractivity (Wildman–Crippen MR) is 108 cm³/mol. The van der Waals surface area contributed by atoms with E-state index in [1.54, 1.807) is 19.1 Å². The number of ether oxygens (including phenoxy) is 1. The lowest BCUT2D eigenvalue weighted by atomic mass is 9.86. The van der Waals surface area contributed by atoms with E-state index in [1.165, 1.54) is 52.3 Å². The van der Waals surface area contributed by atoms with Crippen LogP contribution in [0.1, 0.15) is 58.3 Å². The van der Waals surface area contributed by atoms with Gasteiger partial charge in [0.1, 0.15) is 10.6 Å². The number of anilines is 1. The van der Waals surface area contributed by atoms with Crippen LogP contribution in [-0.2, 0) is 14.8 Å². The summed E-state index contributed by atoms with van der Waals surface area (Å²) in [4.78, 5) is 12.3. The highest BCUT2D eigenvalue weighted by Crippen LogP contribution is 2.30. The minimum absolute atomic E-state index is 0.0642. The molecule has 0 saturated heterocycles. The molecule has 27 heavy (non-hydrogen) atoms. The quantitative estimate of drug-likeness (QED) is 0.684. The van der Waals surface area contributed by atoms with Crippen LogP contribution < -0.4 is 10.1 Å². The molecule has 1 N–H and O–H groups in total. The maximum atomic E-state index is 12.5. The van der Waals surface area contributed by atoms with Crippen LogP contribution in [0.4, 0.5) is 5.69 Å². The highest BCUT2D eigenvalue weighted by atomic mass is 32.2. The van der Waals surface area contributed by atoms with E-state index >= 15 is 0 Å². The highest BCUT2D eigenvalue weighted by Gasteiger charge is 2.23. The van der Waals surface area contributed by atoms with Crippen molar-refractivity contribution in [2.75, 3.05) is 26.0 Å². The summed E-state index contributed by atoms with van der Waals surface area (Å²) in [6, 6.07) is 4.75. The van der Waals surface area contributed by atoms with E-state index in [0.717, 1.165) is 23.1 Å². The van der Waals surface area contributed by atoms with Gasteiger partial charge >= 0.3 is 0 Å². The number of rotatable bonds is 9. The molecule has 1 fully saturated rings. The number of carbonyl (C=O) groups is 1. The first-order valence-corrected chi connectivity index (χ1v) is 11.3. The van der Waals surface area contributed by atoms with Crippen LogP contribution in [0.2, 0.25) is 0 Å². The van der Waals surface area contributed by atoms with Gasteiger partial charge in [-0.3, -0.25) is 4.79 Å². The first-order chi connectivity index (χ1) is 12.8. The largest absolute Gasteiger partial charge is 0.492 e. The van der Waals surface area contributed by atoms with E-state index in [2.05, 4.69) is 5.32 Å². The topological polar surface area (TPSA) is 75.7 Å². The molecule has 0 atom stereocenters. The third-order valence-corrected chi connectivity index (χ3v) is 6.86. The first kappa shape index (κ1) is 21.7. The number of sulfonamides is 1. The second-order valence-corrected chi connectivity index (χ2v) is 9.45. The zero-order chi connectivity index (χ0) is 19.9. The summed E-state index contributed by atoms with van der Waals surface area (Å²) in [5.41, 5.74) is 0.474. The Morgan fingerprint density at radius 3 is 2.56 bits per heavy atom. The van der Waals surface area contributed by atoms with Gasteiger partial charge in [-0.15, -0.1) is 0 Å². The van der Waals surface area contributed by atoms with Gasteiger partial charge in [-0.2, -0.15) is 0 Å². The molecule has 1 aromatic rings. The normalized spacial score (nSPS) is 15.7. The summed E-state index contributed by atoms with van der Waals surface area (Å²) < 4.78 is 31.7. The zero-order valence-corrected chi connectivity index (χ0v) is 17.5. The summed E-state index contributed by atoms with van der Waals surface area (Å²) >= 11 is 0. The summed E-state index contributed by atoms with van der Waals surface area (Å²) in [5, 5.41) is 2.82. The molecule has 0 aromatic heterocycles. The number of benzene rings is 1. The number of nitrogens with zero attached hydrogens (tertiary/aromatic N) is 1. The van der Waals surface area contributed by atoms with E-state index in [-0.39, 0.29) is 10.8 Å². The fraction of sp³-hybridized carbons (Fsp3) is 0.650. The smallest absolute Gasteiger partial charge is 0.246 e. The monoisotopic (exact) mass is 396 g/mol. The Hall–Kier alpha value is -1.60.